The van der Waals surface area contributed by atoms with Crippen LogP contribution in [0.4, 0.5) is 4.79 Å². The number of nitrogens with one attached hydrogen (secondary N) is 3. The van der Waals surface area contributed by atoms with Crippen molar-refractivity contribution in [1.29, 1.82) is 0 Å². The highest BCUT2D eigenvalue weighted by Gasteiger charge is 2.15. The Morgan fingerprint density at radius 1 is 0.889 bits per heavy atom. The zero-order valence-corrected chi connectivity index (χ0v) is 23.2. The molecule has 0 saturated heterocycles. The smallest absolute Gasteiger partial charge is 0.407 e. The molecule has 0 atom stereocenters. The Kier molecular flexibility index (Phi) is 26.6. The lowest BCUT2D eigenvalue weighted by Gasteiger charge is -2.19. The summed E-state index contributed by atoms with van der Waals surface area (Å²) in [5.41, 5.74) is 5.25. The largest absolute Gasteiger partial charge is 0.444 e. The lowest BCUT2D eigenvalue weighted by atomic mass is 10.2. The summed E-state index contributed by atoms with van der Waals surface area (Å²) in [4.78, 5) is 44.7. The maximum Gasteiger partial charge on any atom is 0.407 e. The van der Waals surface area contributed by atoms with Crippen molar-refractivity contribution in [1.82, 2.24) is 16.0 Å². The SMILES string of the molecule is C=C(C)C(=O)NCCCN.C=C(C)C(=O)NCCCNC(=O)OC(C)(C)C.CC(C)(C)O.O=COO.[HH]. The van der Waals surface area contributed by atoms with E-state index < -0.39 is 17.3 Å². The molecule has 0 unspecified atom stereocenters. The predicted molar refractivity (Wildman–Crippen MR) is 142 cm³/mol. The first-order chi connectivity index (χ1) is 16.3. The second-order valence-electron chi connectivity index (χ2n) is 9.37. The molecule has 0 rings (SSSR count). The van der Waals surface area contributed by atoms with Gasteiger partial charge in [0.1, 0.15) is 5.60 Å². The summed E-state index contributed by atoms with van der Waals surface area (Å²) in [7, 11) is 0. The van der Waals surface area contributed by atoms with E-state index in [1.165, 1.54) is 0 Å². The number of carbonyl (C=O) groups excluding carboxylic acids is 4. The lowest BCUT2D eigenvalue weighted by molar-refractivity contribution is -0.217. The summed E-state index contributed by atoms with van der Waals surface area (Å²) in [5.74, 6) is -0.254. The number of ether oxygens (including phenoxy) is 1. The quantitative estimate of drug-likeness (QED) is 0.0821. The van der Waals surface area contributed by atoms with Crippen LogP contribution in [-0.4, -0.2) is 72.1 Å². The molecule has 0 saturated carbocycles. The molecular formula is C24H50N4O8. The summed E-state index contributed by atoms with van der Waals surface area (Å²) in [6, 6.07) is 0. The first-order valence-corrected chi connectivity index (χ1v) is 11.3. The Morgan fingerprint density at radius 3 is 1.50 bits per heavy atom. The van der Waals surface area contributed by atoms with E-state index in [0.29, 0.717) is 43.7 Å². The van der Waals surface area contributed by atoms with E-state index in [1.807, 2.05) is 0 Å². The molecule has 0 bridgehead atoms. The normalized spacial score (nSPS) is 9.75. The molecule has 12 nitrogen and oxygen atoms in total. The molecule has 0 aromatic heterocycles. The second-order valence-corrected chi connectivity index (χ2v) is 9.37. The summed E-state index contributed by atoms with van der Waals surface area (Å²) in [6.45, 7) is 23.1. The van der Waals surface area contributed by atoms with E-state index in [0.717, 1.165) is 6.42 Å². The van der Waals surface area contributed by atoms with Crippen molar-refractivity contribution < 1.29 is 40.6 Å². The van der Waals surface area contributed by atoms with Gasteiger partial charge >= 0.3 is 12.6 Å². The molecule has 0 radical (unpaired) electrons. The molecule has 0 heterocycles. The van der Waals surface area contributed by atoms with Gasteiger partial charge in [-0.2, -0.15) is 0 Å². The minimum atomic E-state index is -0.500. The summed E-state index contributed by atoms with van der Waals surface area (Å²) < 4.78 is 5.05. The Labute approximate surface area is 217 Å². The fraction of sp³-hybridized carbons (Fsp3) is 0.667. The minimum absolute atomic E-state index is 0. The van der Waals surface area contributed by atoms with Gasteiger partial charge in [-0.05, 0) is 74.8 Å². The molecule has 0 aliphatic heterocycles. The molecule has 0 aromatic rings. The van der Waals surface area contributed by atoms with Crippen molar-refractivity contribution in [2.24, 2.45) is 5.73 Å². The molecule has 0 spiro atoms. The number of hydrogen-bond donors (Lipinski definition) is 6. The molecule has 0 aliphatic rings. The van der Waals surface area contributed by atoms with Gasteiger partial charge in [0.05, 0.1) is 5.60 Å². The monoisotopic (exact) mass is 522 g/mol. The van der Waals surface area contributed by atoms with Crippen LogP contribution in [0, 0.1) is 0 Å². The van der Waals surface area contributed by atoms with E-state index >= 15 is 0 Å². The molecule has 214 valence electrons. The number of nitrogens with two attached hydrogens (primary N) is 1. The zero-order chi connectivity index (χ0) is 29.4. The lowest BCUT2D eigenvalue weighted by Crippen LogP contribution is -2.34. The molecule has 0 aromatic carbocycles. The van der Waals surface area contributed by atoms with Crippen molar-refractivity contribution in [3.63, 3.8) is 0 Å². The maximum atomic E-state index is 11.2. The Hall–Kier alpha value is -2.96. The number of alkyl carbamates (subject to hydrolysis) is 1. The molecule has 36 heavy (non-hydrogen) atoms. The third-order valence-electron chi connectivity index (χ3n) is 2.79. The summed E-state index contributed by atoms with van der Waals surface area (Å²) in [5, 5.41) is 23.5. The maximum absolute atomic E-state index is 11.2. The molecule has 0 aliphatic carbocycles. The van der Waals surface area contributed by atoms with Crippen molar-refractivity contribution in [3.05, 3.63) is 24.3 Å². The van der Waals surface area contributed by atoms with Gasteiger partial charge in [0.15, 0.2) is 0 Å². The molecule has 0 fully saturated rings. The van der Waals surface area contributed by atoms with Gasteiger partial charge in [-0.1, -0.05) is 13.2 Å². The minimum Gasteiger partial charge on any atom is -0.444 e. The van der Waals surface area contributed by atoms with Gasteiger partial charge in [0, 0.05) is 32.2 Å². The number of amides is 3. The van der Waals surface area contributed by atoms with E-state index in [-0.39, 0.29) is 19.7 Å². The molecule has 12 heteroatoms. The van der Waals surface area contributed by atoms with Crippen LogP contribution >= 0.6 is 0 Å². The molecule has 7 N–H and O–H groups in total. The second kappa shape index (κ2) is 23.8. The summed E-state index contributed by atoms with van der Waals surface area (Å²) in [6.07, 6.45) is 1.03. The Morgan fingerprint density at radius 2 is 1.22 bits per heavy atom. The first kappa shape index (κ1) is 40.2. The van der Waals surface area contributed by atoms with E-state index in [4.69, 9.17) is 25.6 Å². The average Bonchev–Trinajstić information content (AvgIpc) is 2.71. The van der Waals surface area contributed by atoms with Crippen LogP contribution < -0.4 is 21.7 Å². The highest BCUT2D eigenvalue weighted by molar-refractivity contribution is 5.92. The van der Waals surface area contributed by atoms with Crippen LogP contribution in [0.25, 0.3) is 0 Å². The molecule has 3 amide bonds. The number of aliphatic hydroxyl groups is 1. The zero-order valence-electron chi connectivity index (χ0n) is 23.2. The highest BCUT2D eigenvalue weighted by Crippen LogP contribution is 2.06. The summed E-state index contributed by atoms with van der Waals surface area (Å²) >= 11 is 0. The van der Waals surface area contributed by atoms with E-state index in [1.54, 1.807) is 55.4 Å². The average molecular weight is 523 g/mol. The third kappa shape index (κ3) is 48.5. The van der Waals surface area contributed by atoms with Gasteiger partial charge in [-0.3, -0.25) is 14.4 Å². The van der Waals surface area contributed by atoms with Crippen LogP contribution in [0.1, 0.15) is 69.7 Å². The number of rotatable bonds is 10. The van der Waals surface area contributed by atoms with Crippen molar-refractivity contribution in [3.8, 4) is 0 Å². The number of hydrogen-bond acceptors (Lipinski definition) is 9. The topological polar surface area (TPSA) is 189 Å². The van der Waals surface area contributed by atoms with Crippen molar-refractivity contribution in [2.45, 2.75) is 79.4 Å². The van der Waals surface area contributed by atoms with Crippen molar-refractivity contribution >= 4 is 24.4 Å². The van der Waals surface area contributed by atoms with Crippen molar-refractivity contribution in [2.75, 3.05) is 26.2 Å². The van der Waals surface area contributed by atoms with Crippen LogP contribution in [0.5, 0.6) is 0 Å². The Balaban J connectivity index is -0.000000144. The standard InChI is InChI=1S/C12H22N2O3.C7H14N2O.C4H10O.CH2O3.H2/c1-9(2)10(15)13-7-6-8-14-11(16)17-12(3,4)5;1-6(2)7(10)9-5-3-4-8;1-4(2,3)5;2-1-4-3;/h1,6-8H2,2-5H3,(H,13,15)(H,14,16);1,3-5,8H2,2H3,(H,9,10);5H,1-3H3;1,3H;1H. The first-order valence-electron chi connectivity index (χ1n) is 11.3. The van der Waals surface area contributed by atoms with Crippen LogP contribution in [0.2, 0.25) is 0 Å². The van der Waals surface area contributed by atoms with Crippen LogP contribution in [0.3, 0.4) is 0 Å². The fourth-order valence-electron chi connectivity index (χ4n) is 1.40. The predicted octanol–water partition coefficient (Wildman–Crippen LogP) is 2.28. The van der Waals surface area contributed by atoms with Gasteiger partial charge in [-0.25, -0.2) is 10.1 Å². The fourth-order valence-corrected chi connectivity index (χ4v) is 1.40. The highest BCUT2D eigenvalue weighted by atomic mass is 17.1. The van der Waals surface area contributed by atoms with Gasteiger partial charge in [-0.15, -0.1) is 0 Å². The van der Waals surface area contributed by atoms with E-state index in [2.05, 4.69) is 34.0 Å². The van der Waals surface area contributed by atoms with Gasteiger partial charge < -0.3 is 36.4 Å². The van der Waals surface area contributed by atoms with Gasteiger partial charge in [0.25, 0.3) is 0 Å². The molecular weight excluding hydrogens is 472 g/mol. The van der Waals surface area contributed by atoms with E-state index in [9.17, 15) is 14.4 Å². The number of carbonyl (C=O) groups is 4. The van der Waals surface area contributed by atoms with Gasteiger partial charge in [0.2, 0.25) is 11.8 Å². The Bertz CT molecular complexity index is 654. The van der Waals surface area contributed by atoms with Crippen LogP contribution in [0.15, 0.2) is 24.3 Å². The third-order valence-corrected chi connectivity index (χ3v) is 2.79. The van der Waals surface area contributed by atoms with Crippen LogP contribution in [-0.2, 0) is 24.0 Å².